The van der Waals surface area contributed by atoms with Gasteiger partial charge in [-0.2, -0.15) is 13.2 Å². The Morgan fingerprint density at radius 1 is 1.00 bits per heavy atom. The number of aromatic nitrogens is 4. The summed E-state index contributed by atoms with van der Waals surface area (Å²) >= 11 is 0. The second kappa shape index (κ2) is 7.98. The fourth-order valence-corrected chi connectivity index (χ4v) is 2.90. The van der Waals surface area contributed by atoms with Crippen LogP contribution in [0.25, 0.3) is 11.0 Å². The fourth-order valence-electron chi connectivity index (χ4n) is 2.90. The highest BCUT2D eigenvalue weighted by Gasteiger charge is 2.30. The molecule has 0 spiro atoms. The Hall–Kier alpha value is -4.08. The van der Waals surface area contributed by atoms with E-state index in [1.807, 2.05) is 6.92 Å². The van der Waals surface area contributed by atoms with Crippen LogP contribution in [-0.4, -0.2) is 25.8 Å². The molecule has 0 atom stereocenters. The van der Waals surface area contributed by atoms with Crippen LogP contribution in [0.2, 0.25) is 0 Å². The van der Waals surface area contributed by atoms with Crippen LogP contribution in [0.15, 0.2) is 61.3 Å². The molecule has 2 aromatic carbocycles. The lowest BCUT2D eigenvalue weighted by Crippen LogP contribution is -2.13. The minimum absolute atomic E-state index is 0.0494. The van der Waals surface area contributed by atoms with Crippen LogP contribution in [0.3, 0.4) is 0 Å². The Kier molecular flexibility index (Phi) is 5.20. The van der Waals surface area contributed by atoms with E-state index < -0.39 is 17.6 Å². The zero-order valence-electron chi connectivity index (χ0n) is 16.1. The van der Waals surface area contributed by atoms with E-state index in [4.69, 9.17) is 0 Å². The summed E-state index contributed by atoms with van der Waals surface area (Å²) in [4.78, 5) is 29.0. The van der Waals surface area contributed by atoms with Gasteiger partial charge >= 0.3 is 6.18 Å². The molecule has 2 N–H and O–H groups in total. The van der Waals surface area contributed by atoms with Gasteiger partial charge in [-0.3, -0.25) is 4.79 Å². The third-order valence-corrected chi connectivity index (χ3v) is 4.50. The smallest absolute Gasteiger partial charge is 0.338 e. The highest BCUT2D eigenvalue weighted by molar-refractivity contribution is 6.05. The van der Waals surface area contributed by atoms with Gasteiger partial charge in [0.05, 0.1) is 11.8 Å². The maximum Gasteiger partial charge on any atom is 0.416 e. The van der Waals surface area contributed by atoms with Crippen molar-refractivity contribution < 1.29 is 18.0 Å². The molecule has 0 bridgehead atoms. The van der Waals surface area contributed by atoms with E-state index in [9.17, 15) is 18.0 Å². The number of fused-ring (bicyclic) bond motifs is 1. The average Bonchev–Trinajstić information content (AvgIpc) is 2.75. The average molecular weight is 424 g/mol. The second-order valence-corrected chi connectivity index (χ2v) is 6.67. The van der Waals surface area contributed by atoms with E-state index in [0.29, 0.717) is 22.5 Å². The molecular formula is C21H15F3N6O. The Morgan fingerprint density at radius 2 is 1.84 bits per heavy atom. The number of amides is 1. The van der Waals surface area contributed by atoms with Gasteiger partial charge in [0.2, 0.25) is 0 Å². The van der Waals surface area contributed by atoms with Crippen LogP contribution in [0.1, 0.15) is 21.5 Å². The molecule has 4 rings (SSSR count). The molecule has 156 valence electrons. The number of carbonyl (C=O) groups is 1. The van der Waals surface area contributed by atoms with Crippen molar-refractivity contribution in [2.24, 2.45) is 0 Å². The largest absolute Gasteiger partial charge is 0.416 e. The summed E-state index contributed by atoms with van der Waals surface area (Å²) in [6.07, 6.45) is -0.192. The van der Waals surface area contributed by atoms with Gasteiger partial charge in [-0.05, 0) is 42.8 Å². The number of anilines is 3. The zero-order valence-corrected chi connectivity index (χ0v) is 16.1. The van der Waals surface area contributed by atoms with Crippen molar-refractivity contribution >= 4 is 34.1 Å². The number of rotatable bonds is 4. The Bertz CT molecular complexity index is 1270. The molecule has 0 saturated carbocycles. The van der Waals surface area contributed by atoms with Crippen LogP contribution in [0.5, 0.6) is 0 Å². The number of aryl methyl sites for hydroxylation is 1. The number of benzene rings is 2. The molecule has 4 aromatic rings. The van der Waals surface area contributed by atoms with E-state index in [-0.39, 0.29) is 11.3 Å². The molecule has 2 aromatic heterocycles. The summed E-state index contributed by atoms with van der Waals surface area (Å²) in [7, 11) is 0. The number of hydrogen-bond donors (Lipinski definition) is 2. The highest BCUT2D eigenvalue weighted by atomic mass is 19.4. The zero-order chi connectivity index (χ0) is 22.0. The van der Waals surface area contributed by atoms with Crippen molar-refractivity contribution in [3.05, 3.63) is 78.0 Å². The van der Waals surface area contributed by atoms with Gasteiger partial charge in [-0.25, -0.2) is 19.9 Å². The maximum atomic E-state index is 12.9. The van der Waals surface area contributed by atoms with Gasteiger partial charge in [-0.1, -0.05) is 12.1 Å². The molecule has 0 aliphatic rings. The van der Waals surface area contributed by atoms with Crippen LogP contribution in [0, 0.1) is 6.92 Å². The number of nitrogens with one attached hydrogen (secondary N) is 2. The third-order valence-electron chi connectivity index (χ3n) is 4.50. The molecule has 0 aliphatic heterocycles. The first-order chi connectivity index (χ1) is 14.8. The van der Waals surface area contributed by atoms with Crippen molar-refractivity contribution in [2.75, 3.05) is 10.6 Å². The van der Waals surface area contributed by atoms with E-state index in [1.165, 1.54) is 24.8 Å². The summed E-state index contributed by atoms with van der Waals surface area (Å²) < 4.78 is 38.7. The maximum absolute atomic E-state index is 12.9. The van der Waals surface area contributed by atoms with Gasteiger partial charge < -0.3 is 10.6 Å². The SMILES string of the molecule is Cc1ccc(C(=O)Nc2cccc(C(F)(F)F)c2)cc1Nc1ncnc2cncnc12. The standard InChI is InChI=1S/C21H15F3N6O/c1-12-5-6-13(20(31)29-15-4-2-3-14(8-15)21(22,23)24)7-16(12)30-19-18-17(26-11-28-19)9-25-10-27-18/h2-11H,1H3,(H,29,31)(H,26,28,30). The van der Waals surface area contributed by atoms with Crippen molar-refractivity contribution in [1.82, 2.24) is 19.9 Å². The first-order valence-corrected chi connectivity index (χ1v) is 9.08. The molecular weight excluding hydrogens is 409 g/mol. The molecule has 0 fully saturated rings. The third kappa shape index (κ3) is 4.42. The molecule has 0 saturated heterocycles. The summed E-state index contributed by atoms with van der Waals surface area (Å²) in [5.41, 5.74) is 1.96. The topological polar surface area (TPSA) is 92.7 Å². The summed E-state index contributed by atoms with van der Waals surface area (Å²) in [5.74, 6) is -0.108. The molecule has 1 amide bonds. The van der Waals surface area contributed by atoms with E-state index >= 15 is 0 Å². The second-order valence-electron chi connectivity index (χ2n) is 6.67. The van der Waals surface area contributed by atoms with E-state index in [0.717, 1.165) is 17.7 Å². The monoisotopic (exact) mass is 424 g/mol. The lowest BCUT2D eigenvalue weighted by molar-refractivity contribution is -0.137. The first kappa shape index (κ1) is 20.2. The molecule has 7 nitrogen and oxygen atoms in total. The van der Waals surface area contributed by atoms with Crippen molar-refractivity contribution in [2.45, 2.75) is 13.1 Å². The first-order valence-electron chi connectivity index (χ1n) is 9.08. The quantitative estimate of drug-likeness (QED) is 0.492. The molecule has 0 radical (unpaired) electrons. The predicted octanol–water partition coefficient (Wildman–Crippen LogP) is 4.74. The summed E-state index contributed by atoms with van der Waals surface area (Å²) in [5, 5.41) is 5.63. The molecule has 0 unspecified atom stereocenters. The number of hydrogen-bond acceptors (Lipinski definition) is 6. The van der Waals surface area contributed by atoms with Crippen molar-refractivity contribution in [3.63, 3.8) is 0 Å². The van der Waals surface area contributed by atoms with Crippen molar-refractivity contribution in [3.8, 4) is 0 Å². The lowest BCUT2D eigenvalue weighted by atomic mass is 10.1. The Labute approximate surface area is 174 Å². The summed E-state index contributed by atoms with van der Waals surface area (Å²) in [6, 6.07) is 9.37. The lowest BCUT2D eigenvalue weighted by Gasteiger charge is -2.13. The fraction of sp³-hybridized carbons (Fsp3) is 0.0952. The number of nitrogens with zero attached hydrogens (tertiary/aromatic N) is 4. The minimum Gasteiger partial charge on any atom is -0.338 e. The Morgan fingerprint density at radius 3 is 2.65 bits per heavy atom. The number of halogens is 3. The summed E-state index contributed by atoms with van der Waals surface area (Å²) in [6.45, 7) is 1.84. The van der Waals surface area contributed by atoms with Gasteiger partial charge in [-0.15, -0.1) is 0 Å². The van der Waals surface area contributed by atoms with E-state index in [1.54, 1.807) is 24.4 Å². The predicted molar refractivity (Wildman–Crippen MR) is 109 cm³/mol. The van der Waals surface area contributed by atoms with Gasteiger partial charge in [0.1, 0.15) is 23.7 Å². The van der Waals surface area contributed by atoms with Gasteiger partial charge in [0.25, 0.3) is 5.91 Å². The molecule has 31 heavy (non-hydrogen) atoms. The minimum atomic E-state index is -4.49. The molecule has 10 heteroatoms. The van der Waals surface area contributed by atoms with Crippen molar-refractivity contribution in [1.29, 1.82) is 0 Å². The van der Waals surface area contributed by atoms with Gasteiger partial charge in [0.15, 0.2) is 5.82 Å². The van der Waals surface area contributed by atoms with Crippen LogP contribution < -0.4 is 10.6 Å². The highest BCUT2D eigenvalue weighted by Crippen LogP contribution is 2.31. The van der Waals surface area contributed by atoms with Crippen LogP contribution in [-0.2, 0) is 6.18 Å². The number of alkyl halides is 3. The number of carbonyl (C=O) groups excluding carboxylic acids is 1. The van der Waals surface area contributed by atoms with Crippen LogP contribution in [0.4, 0.5) is 30.4 Å². The molecule has 0 aliphatic carbocycles. The van der Waals surface area contributed by atoms with Gasteiger partial charge in [0, 0.05) is 16.9 Å². The Balaban J connectivity index is 1.60. The normalized spacial score (nSPS) is 11.4. The van der Waals surface area contributed by atoms with Crippen LogP contribution >= 0.6 is 0 Å². The van der Waals surface area contributed by atoms with E-state index in [2.05, 4.69) is 30.6 Å². The molecule has 2 heterocycles.